The van der Waals surface area contributed by atoms with E-state index in [2.05, 4.69) is 240 Å². The van der Waals surface area contributed by atoms with Gasteiger partial charge in [-0.3, -0.25) is 0 Å². The first-order valence-corrected chi connectivity index (χ1v) is 22.2. The normalized spacial score (nSPS) is 12.1. The number of hydrogen-bond donors (Lipinski definition) is 0. The van der Waals surface area contributed by atoms with Crippen LogP contribution in [0, 0.1) is 0 Å². The predicted molar refractivity (Wildman–Crippen MR) is 271 cm³/mol. The third kappa shape index (κ3) is 5.14. The quantitative estimate of drug-likeness (QED) is 0.164. The molecule has 0 aliphatic heterocycles. The van der Waals surface area contributed by atoms with Gasteiger partial charge in [-0.05, 0) is 132 Å². The molecule has 0 unspecified atom stereocenters. The highest BCUT2D eigenvalue weighted by atomic mass is 15.0. The molecule has 0 amide bonds. The lowest BCUT2D eigenvalue weighted by Crippen LogP contribution is -1.94. The van der Waals surface area contributed by atoms with Crippen LogP contribution in [0.25, 0.3) is 132 Å². The van der Waals surface area contributed by atoms with Crippen molar-refractivity contribution in [2.75, 3.05) is 0 Å². The minimum absolute atomic E-state index is 1.15. The Morgan fingerprint density at radius 1 is 0.234 bits per heavy atom. The molecule has 11 aromatic carbocycles. The molecule has 2 heteroatoms. The zero-order valence-electron chi connectivity index (χ0n) is 34.8. The Hall–Kier alpha value is -8.46. The fourth-order valence-corrected chi connectivity index (χ4v) is 10.9. The zero-order valence-corrected chi connectivity index (χ0v) is 34.8. The van der Waals surface area contributed by atoms with Gasteiger partial charge in [0.15, 0.2) is 0 Å². The molecule has 0 saturated carbocycles. The zero-order chi connectivity index (χ0) is 41.9. The molecule has 296 valence electrons. The molecule has 0 N–H and O–H groups in total. The summed E-state index contributed by atoms with van der Waals surface area (Å²) in [4.78, 5) is 0. The molecule has 1 aliphatic carbocycles. The summed E-state index contributed by atoms with van der Waals surface area (Å²) in [5.74, 6) is 0. The minimum Gasteiger partial charge on any atom is -0.309 e. The molecule has 1 aliphatic rings. The highest BCUT2D eigenvalue weighted by molar-refractivity contribution is 6.20. The fourth-order valence-electron chi connectivity index (χ4n) is 10.9. The van der Waals surface area contributed by atoms with Crippen molar-refractivity contribution in [2.24, 2.45) is 0 Å². The van der Waals surface area contributed by atoms with Crippen LogP contribution in [-0.4, -0.2) is 9.13 Å². The van der Waals surface area contributed by atoms with E-state index >= 15 is 0 Å². The first kappa shape index (κ1) is 35.2. The summed E-state index contributed by atoms with van der Waals surface area (Å²) < 4.78 is 4.85. The second kappa shape index (κ2) is 13.5. The van der Waals surface area contributed by atoms with Crippen molar-refractivity contribution in [3.05, 3.63) is 231 Å². The lowest BCUT2D eigenvalue weighted by atomic mass is 9.96. The Balaban J connectivity index is 0.813. The largest absolute Gasteiger partial charge is 0.309 e. The third-order valence-corrected chi connectivity index (χ3v) is 13.9. The van der Waals surface area contributed by atoms with Crippen LogP contribution in [-0.2, 0) is 0 Å². The van der Waals surface area contributed by atoms with Crippen LogP contribution in [0.15, 0.2) is 231 Å². The molecule has 0 spiro atoms. The molecular formula is C62H38N2. The molecular weight excluding hydrogens is 773 g/mol. The first-order chi connectivity index (χ1) is 31.7. The molecule has 13 aromatic rings. The van der Waals surface area contributed by atoms with Crippen LogP contribution in [0.2, 0.25) is 0 Å². The number of aromatic nitrogens is 2. The van der Waals surface area contributed by atoms with Crippen LogP contribution in [0.1, 0.15) is 0 Å². The highest BCUT2D eigenvalue weighted by Gasteiger charge is 2.22. The van der Waals surface area contributed by atoms with Crippen molar-refractivity contribution < 1.29 is 0 Å². The Morgan fingerprint density at radius 3 is 1.50 bits per heavy atom. The fraction of sp³-hybridized carbons (Fsp3) is 0. The van der Waals surface area contributed by atoms with Gasteiger partial charge in [0, 0.05) is 38.3 Å². The molecule has 0 radical (unpaired) electrons. The number of hydrogen-bond acceptors (Lipinski definition) is 0. The average Bonchev–Trinajstić information content (AvgIpc) is 4.00. The number of rotatable bonds is 5. The molecule has 14 rings (SSSR count). The smallest absolute Gasteiger partial charge is 0.0619 e. The number of benzene rings is 11. The lowest BCUT2D eigenvalue weighted by molar-refractivity contribution is 1.18. The number of nitrogens with zero attached hydrogens (tertiary/aromatic N) is 2. The van der Waals surface area contributed by atoms with Crippen molar-refractivity contribution in [2.45, 2.75) is 0 Å². The standard InChI is InChI=1S/C62H38N2/c1-2-13-47(14-3-1)64-60-35-29-46(38-57(60)54-33-26-42-10-4-5-15-49(42)62(54)64)45-28-34-59-56(37-45)51-16-6-7-19-58(51)63(59)48-30-24-40(25-31-48)39-20-22-41(23-21-39)44-27-32-50-52-17-8-11-43-12-9-18-53(61(43)52)55(50)36-44/h1-38H. The topological polar surface area (TPSA) is 9.86 Å². The van der Waals surface area contributed by atoms with Gasteiger partial charge in [-0.1, -0.05) is 170 Å². The molecule has 0 saturated heterocycles. The molecule has 2 heterocycles. The van der Waals surface area contributed by atoms with E-state index in [0.29, 0.717) is 0 Å². The van der Waals surface area contributed by atoms with E-state index in [9.17, 15) is 0 Å². The molecule has 0 atom stereocenters. The Labute approximate surface area is 370 Å². The van der Waals surface area contributed by atoms with Gasteiger partial charge in [0.2, 0.25) is 0 Å². The molecule has 0 fully saturated rings. The summed E-state index contributed by atoms with van der Waals surface area (Å²) in [7, 11) is 0. The van der Waals surface area contributed by atoms with Crippen LogP contribution in [0.3, 0.4) is 0 Å². The molecule has 0 bridgehead atoms. The van der Waals surface area contributed by atoms with E-state index in [0.717, 1.165) is 5.69 Å². The maximum atomic E-state index is 2.43. The second-order valence-electron chi connectivity index (χ2n) is 17.3. The summed E-state index contributed by atoms with van der Waals surface area (Å²) in [6.45, 7) is 0. The molecule has 2 aromatic heterocycles. The molecule has 64 heavy (non-hydrogen) atoms. The summed E-state index contributed by atoms with van der Waals surface area (Å²) in [5, 5.41) is 10.2. The van der Waals surface area contributed by atoms with E-state index in [1.165, 1.54) is 126 Å². The van der Waals surface area contributed by atoms with E-state index in [1.807, 2.05) is 0 Å². The lowest BCUT2D eigenvalue weighted by Gasteiger charge is -2.11. The van der Waals surface area contributed by atoms with E-state index in [1.54, 1.807) is 0 Å². The first-order valence-electron chi connectivity index (χ1n) is 22.2. The van der Waals surface area contributed by atoms with Crippen LogP contribution >= 0.6 is 0 Å². The van der Waals surface area contributed by atoms with Gasteiger partial charge >= 0.3 is 0 Å². The van der Waals surface area contributed by atoms with Crippen LogP contribution < -0.4 is 0 Å². The van der Waals surface area contributed by atoms with E-state index in [-0.39, 0.29) is 0 Å². The Kier molecular flexibility index (Phi) is 7.43. The number of para-hydroxylation sites is 2. The van der Waals surface area contributed by atoms with Gasteiger partial charge in [0.1, 0.15) is 0 Å². The van der Waals surface area contributed by atoms with Crippen molar-refractivity contribution in [3.63, 3.8) is 0 Å². The van der Waals surface area contributed by atoms with E-state index in [4.69, 9.17) is 0 Å². The van der Waals surface area contributed by atoms with Gasteiger partial charge in [-0.25, -0.2) is 0 Å². The van der Waals surface area contributed by atoms with Crippen LogP contribution in [0.5, 0.6) is 0 Å². The predicted octanol–water partition coefficient (Wildman–Crippen LogP) is 16.8. The van der Waals surface area contributed by atoms with Gasteiger partial charge in [-0.2, -0.15) is 0 Å². The van der Waals surface area contributed by atoms with Crippen molar-refractivity contribution >= 4 is 65.2 Å². The summed E-state index contributed by atoms with van der Waals surface area (Å²) >= 11 is 0. The Bertz CT molecular complexity index is 4030. The van der Waals surface area contributed by atoms with Gasteiger partial charge in [0.25, 0.3) is 0 Å². The van der Waals surface area contributed by atoms with Gasteiger partial charge in [0.05, 0.1) is 22.1 Å². The van der Waals surface area contributed by atoms with Crippen molar-refractivity contribution in [1.82, 2.24) is 9.13 Å². The minimum atomic E-state index is 1.15. The van der Waals surface area contributed by atoms with Gasteiger partial charge in [-0.15, -0.1) is 0 Å². The van der Waals surface area contributed by atoms with Crippen molar-refractivity contribution in [3.8, 4) is 67.0 Å². The maximum Gasteiger partial charge on any atom is 0.0619 e. The Morgan fingerprint density at radius 2 is 0.750 bits per heavy atom. The maximum absolute atomic E-state index is 2.43. The summed E-state index contributed by atoms with van der Waals surface area (Å²) in [6.07, 6.45) is 0. The molecule has 2 nitrogen and oxygen atoms in total. The monoisotopic (exact) mass is 810 g/mol. The third-order valence-electron chi connectivity index (χ3n) is 13.9. The van der Waals surface area contributed by atoms with Gasteiger partial charge < -0.3 is 9.13 Å². The van der Waals surface area contributed by atoms with Crippen LogP contribution in [0.4, 0.5) is 0 Å². The highest BCUT2D eigenvalue weighted by Crippen LogP contribution is 2.48. The van der Waals surface area contributed by atoms with E-state index < -0.39 is 0 Å². The summed E-state index contributed by atoms with van der Waals surface area (Å²) in [6, 6.07) is 85.2. The average molecular weight is 811 g/mol. The van der Waals surface area contributed by atoms with Crippen molar-refractivity contribution in [1.29, 1.82) is 0 Å². The summed E-state index contributed by atoms with van der Waals surface area (Å²) in [5.41, 5.74) is 19.8. The number of fused-ring (bicyclic) bond motifs is 11. The second-order valence-corrected chi connectivity index (χ2v) is 17.3. The SMILES string of the molecule is c1ccc(-n2c3ccc(-c4ccc5c(c4)c4ccccc4n5-c4ccc(-c5ccc(-c6ccc7c(c6)-c6cccc8cccc-7c68)cc5)cc4)cc3c3ccc4ccccc4c32)cc1.